The van der Waals surface area contributed by atoms with Gasteiger partial charge in [0, 0.05) is 16.3 Å². The summed E-state index contributed by atoms with van der Waals surface area (Å²) in [5.41, 5.74) is 7.48. The van der Waals surface area contributed by atoms with Crippen LogP contribution in [-0.2, 0) is 0 Å². The molecule has 2 aromatic rings. The van der Waals surface area contributed by atoms with Gasteiger partial charge in [0.1, 0.15) is 0 Å². The Bertz CT molecular complexity index is 487. The first-order valence-electron chi connectivity index (χ1n) is 5.47. The van der Waals surface area contributed by atoms with Gasteiger partial charge >= 0.3 is 0 Å². The van der Waals surface area contributed by atoms with Crippen molar-refractivity contribution in [1.82, 2.24) is 5.32 Å². The topological polar surface area (TPSA) is 38.0 Å². The molecule has 1 aromatic carbocycles. The summed E-state index contributed by atoms with van der Waals surface area (Å²) in [7, 11) is 1.95. The van der Waals surface area contributed by atoms with E-state index in [-0.39, 0.29) is 11.6 Å². The van der Waals surface area contributed by atoms with Gasteiger partial charge in [0.2, 0.25) is 0 Å². The fraction of sp³-hybridized carbons (Fsp3) is 0.385. The summed E-state index contributed by atoms with van der Waals surface area (Å²) in [5.74, 6) is 0. The number of likely N-dealkylation sites (N-methyl/N-ethyl adjacent to an activating group) is 1. The lowest BCUT2D eigenvalue weighted by molar-refractivity contribution is 0.350. The van der Waals surface area contributed by atoms with Crippen LogP contribution in [0.5, 0.6) is 0 Å². The molecule has 3 N–H and O–H groups in total. The highest BCUT2D eigenvalue weighted by Gasteiger charge is 2.27. The molecule has 1 atom stereocenters. The van der Waals surface area contributed by atoms with Gasteiger partial charge in [0.15, 0.2) is 0 Å². The Morgan fingerprint density at radius 2 is 2.00 bits per heavy atom. The molecule has 0 bridgehead atoms. The maximum Gasteiger partial charge on any atom is 0.0488 e. The molecule has 0 saturated carbocycles. The molecule has 0 spiro atoms. The fourth-order valence-corrected chi connectivity index (χ4v) is 2.78. The van der Waals surface area contributed by atoms with Crippen LogP contribution in [0, 0.1) is 0 Å². The predicted octanol–water partition coefficient (Wildman–Crippen LogP) is 2.90. The smallest absolute Gasteiger partial charge is 0.0488 e. The van der Waals surface area contributed by atoms with Gasteiger partial charge in [0.05, 0.1) is 0 Å². The summed E-state index contributed by atoms with van der Waals surface area (Å²) in [6.07, 6.45) is 0. The van der Waals surface area contributed by atoms with Crippen molar-refractivity contribution in [1.29, 1.82) is 0 Å². The van der Waals surface area contributed by atoms with Gasteiger partial charge in [-0.2, -0.15) is 0 Å². The van der Waals surface area contributed by atoms with Crippen LogP contribution < -0.4 is 11.1 Å². The van der Waals surface area contributed by atoms with E-state index in [1.807, 2.05) is 7.05 Å². The first-order chi connectivity index (χ1) is 7.56. The largest absolute Gasteiger partial charge is 0.322 e. The molecule has 0 aliphatic heterocycles. The Kier molecular flexibility index (Phi) is 3.02. The molecular weight excluding hydrogens is 216 g/mol. The van der Waals surface area contributed by atoms with E-state index in [0.717, 1.165) is 0 Å². The van der Waals surface area contributed by atoms with E-state index in [9.17, 15) is 0 Å². The van der Waals surface area contributed by atoms with E-state index in [2.05, 4.69) is 48.8 Å². The standard InChI is InChI=1S/C13H18N2S/c1-13(2,15-3)12(14)10-8-16-11-7-5-4-6-9(10)11/h4-8,12,15H,14H2,1-3H3. The number of thiophene rings is 1. The van der Waals surface area contributed by atoms with E-state index in [1.165, 1.54) is 15.6 Å². The third-order valence-corrected chi connectivity index (χ3v) is 4.25. The molecule has 0 aliphatic rings. The SMILES string of the molecule is CNC(C)(C)C(N)c1csc2ccccc12. The lowest BCUT2D eigenvalue weighted by atomic mass is 9.89. The van der Waals surface area contributed by atoms with E-state index in [4.69, 9.17) is 5.73 Å². The molecule has 0 saturated heterocycles. The number of fused-ring (bicyclic) bond motifs is 1. The second-order valence-electron chi connectivity index (χ2n) is 4.64. The number of rotatable bonds is 3. The third-order valence-electron chi connectivity index (χ3n) is 3.27. The van der Waals surface area contributed by atoms with E-state index in [1.54, 1.807) is 11.3 Å². The Morgan fingerprint density at radius 1 is 1.31 bits per heavy atom. The molecule has 1 aromatic heterocycles. The van der Waals surface area contributed by atoms with Crippen molar-refractivity contribution in [3.63, 3.8) is 0 Å². The van der Waals surface area contributed by atoms with Crippen LogP contribution >= 0.6 is 11.3 Å². The maximum atomic E-state index is 6.34. The number of nitrogens with one attached hydrogen (secondary N) is 1. The molecule has 3 heteroatoms. The molecule has 0 radical (unpaired) electrons. The van der Waals surface area contributed by atoms with Crippen molar-refractivity contribution in [2.45, 2.75) is 25.4 Å². The second-order valence-corrected chi connectivity index (χ2v) is 5.55. The van der Waals surface area contributed by atoms with Gasteiger partial charge in [-0.25, -0.2) is 0 Å². The molecule has 2 nitrogen and oxygen atoms in total. The highest BCUT2D eigenvalue weighted by atomic mass is 32.1. The van der Waals surface area contributed by atoms with Gasteiger partial charge in [-0.05, 0) is 43.3 Å². The predicted molar refractivity (Wildman–Crippen MR) is 71.9 cm³/mol. The highest BCUT2D eigenvalue weighted by Crippen LogP contribution is 2.33. The molecule has 2 rings (SSSR count). The Morgan fingerprint density at radius 3 is 2.69 bits per heavy atom. The minimum Gasteiger partial charge on any atom is -0.322 e. The minimum atomic E-state index is -0.0934. The Balaban J connectivity index is 2.48. The van der Waals surface area contributed by atoms with Crippen LogP contribution in [0.4, 0.5) is 0 Å². The van der Waals surface area contributed by atoms with Gasteiger partial charge in [0.25, 0.3) is 0 Å². The molecule has 0 amide bonds. The summed E-state index contributed by atoms with van der Waals surface area (Å²) < 4.78 is 1.31. The zero-order chi connectivity index (χ0) is 11.8. The Labute approximate surface area is 100 Å². The second kappa shape index (κ2) is 4.17. The van der Waals surface area contributed by atoms with E-state index >= 15 is 0 Å². The quantitative estimate of drug-likeness (QED) is 0.857. The van der Waals surface area contributed by atoms with Gasteiger partial charge in [-0.1, -0.05) is 18.2 Å². The molecule has 0 aliphatic carbocycles. The van der Waals surface area contributed by atoms with Crippen molar-refractivity contribution in [2.24, 2.45) is 5.73 Å². The Hall–Kier alpha value is -0.900. The first-order valence-corrected chi connectivity index (χ1v) is 6.35. The van der Waals surface area contributed by atoms with Crippen molar-refractivity contribution >= 4 is 21.4 Å². The minimum absolute atomic E-state index is 0.00801. The average molecular weight is 234 g/mol. The summed E-state index contributed by atoms with van der Waals surface area (Å²) in [6.45, 7) is 4.26. The van der Waals surface area contributed by atoms with Crippen LogP contribution in [0.15, 0.2) is 29.6 Å². The molecule has 16 heavy (non-hydrogen) atoms. The maximum absolute atomic E-state index is 6.34. The summed E-state index contributed by atoms with van der Waals surface area (Å²) in [5, 5.41) is 6.73. The van der Waals surface area contributed by atoms with Gasteiger partial charge < -0.3 is 11.1 Å². The normalized spacial score (nSPS) is 14.2. The van der Waals surface area contributed by atoms with Crippen LogP contribution in [-0.4, -0.2) is 12.6 Å². The van der Waals surface area contributed by atoms with Gasteiger partial charge in [-0.15, -0.1) is 11.3 Å². The van der Waals surface area contributed by atoms with Crippen LogP contribution in [0.2, 0.25) is 0 Å². The number of hydrogen-bond acceptors (Lipinski definition) is 3. The van der Waals surface area contributed by atoms with E-state index < -0.39 is 0 Å². The van der Waals surface area contributed by atoms with E-state index in [0.29, 0.717) is 0 Å². The zero-order valence-electron chi connectivity index (χ0n) is 9.95. The lowest BCUT2D eigenvalue weighted by Gasteiger charge is -2.31. The molecular formula is C13H18N2S. The molecule has 1 heterocycles. The first kappa shape index (κ1) is 11.6. The fourth-order valence-electron chi connectivity index (χ4n) is 1.78. The summed E-state index contributed by atoms with van der Waals surface area (Å²) in [4.78, 5) is 0. The molecule has 86 valence electrons. The van der Waals surface area contributed by atoms with Crippen molar-refractivity contribution in [3.05, 3.63) is 35.2 Å². The van der Waals surface area contributed by atoms with Crippen LogP contribution in [0.3, 0.4) is 0 Å². The zero-order valence-corrected chi connectivity index (χ0v) is 10.8. The van der Waals surface area contributed by atoms with Crippen LogP contribution in [0.1, 0.15) is 25.5 Å². The summed E-state index contributed by atoms with van der Waals surface area (Å²) >= 11 is 1.76. The number of nitrogens with two attached hydrogens (primary N) is 1. The van der Waals surface area contributed by atoms with Crippen molar-refractivity contribution < 1.29 is 0 Å². The molecule has 0 fully saturated rings. The monoisotopic (exact) mass is 234 g/mol. The number of benzene rings is 1. The lowest BCUT2D eigenvalue weighted by Crippen LogP contribution is -2.46. The average Bonchev–Trinajstić information content (AvgIpc) is 2.71. The third kappa shape index (κ3) is 1.86. The van der Waals surface area contributed by atoms with Crippen LogP contribution in [0.25, 0.3) is 10.1 Å². The van der Waals surface area contributed by atoms with Crippen molar-refractivity contribution in [2.75, 3.05) is 7.05 Å². The summed E-state index contributed by atoms with van der Waals surface area (Å²) in [6, 6.07) is 8.43. The number of hydrogen-bond donors (Lipinski definition) is 2. The van der Waals surface area contributed by atoms with Gasteiger partial charge in [-0.3, -0.25) is 0 Å². The highest BCUT2D eigenvalue weighted by molar-refractivity contribution is 7.17. The molecule has 1 unspecified atom stereocenters. The van der Waals surface area contributed by atoms with Crippen molar-refractivity contribution in [3.8, 4) is 0 Å².